The molecule has 3 aromatic rings. The summed E-state index contributed by atoms with van der Waals surface area (Å²) in [5.41, 5.74) is 2.48. The summed E-state index contributed by atoms with van der Waals surface area (Å²) in [6, 6.07) is 25.1. The van der Waals surface area contributed by atoms with Gasteiger partial charge in [0.15, 0.2) is 0 Å². The molecule has 28 heavy (non-hydrogen) atoms. The molecule has 0 spiro atoms. The number of alkyl halides is 2. The minimum Gasteiger partial charge on any atom is -0.324 e. The molecule has 0 radical (unpaired) electrons. The summed E-state index contributed by atoms with van der Waals surface area (Å²) >= 11 is 0.517. The van der Waals surface area contributed by atoms with E-state index in [2.05, 4.69) is 10.6 Å². The molecule has 3 aromatic carbocycles. The van der Waals surface area contributed by atoms with E-state index in [1.165, 1.54) is 0 Å². The van der Waals surface area contributed by atoms with Gasteiger partial charge in [-0.05, 0) is 35.4 Å². The second kappa shape index (κ2) is 10.0. The Labute approximate surface area is 167 Å². The molecule has 1 amide bonds. The Morgan fingerprint density at radius 1 is 0.857 bits per heavy atom. The van der Waals surface area contributed by atoms with Gasteiger partial charge in [0, 0.05) is 17.1 Å². The van der Waals surface area contributed by atoms with Crippen molar-refractivity contribution in [3.05, 3.63) is 96.1 Å². The number of para-hydroxylation sites is 1. The summed E-state index contributed by atoms with van der Waals surface area (Å²) in [4.78, 5) is 13.4. The van der Waals surface area contributed by atoms with Crippen LogP contribution in [0.4, 0.5) is 14.5 Å². The highest BCUT2D eigenvalue weighted by molar-refractivity contribution is 7.99. The van der Waals surface area contributed by atoms with Crippen LogP contribution in [0.2, 0.25) is 0 Å². The van der Waals surface area contributed by atoms with Crippen molar-refractivity contribution in [1.82, 2.24) is 5.32 Å². The summed E-state index contributed by atoms with van der Waals surface area (Å²) in [7, 11) is 0. The molecule has 0 aliphatic carbocycles. The first kappa shape index (κ1) is 20.0. The largest absolute Gasteiger partial charge is 0.324 e. The number of rotatable bonds is 8. The second-order valence-electron chi connectivity index (χ2n) is 6.10. The number of nitrogens with one attached hydrogen (secondary N) is 2. The summed E-state index contributed by atoms with van der Waals surface area (Å²) in [5.74, 6) is -2.60. The van der Waals surface area contributed by atoms with Gasteiger partial charge in [0.25, 0.3) is 5.76 Å². The topological polar surface area (TPSA) is 41.1 Å². The van der Waals surface area contributed by atoms with Gasteiger partial charge in [0.05, 0.1) is 0 Å². The number of hydrogen-bond donors (Lipinski definition) is 2. The number of thioether (sulfide) groups is 1. The van der Waals surface area contributed by atoms with E-state index < -0.39 is 11.8 Å². The lowest BCUT2D eigenvalue weighted by Crippen LogP contribution is -2.32. The van der Waals surface area contributed by atoms with Gasteiger partial charge < -0.3 is 5.32 Å². The number of halogens is 2. The molecule has 0 saturated heterocycles. The highest BCUT2D eigenvalue weighted by Crippen LogP contribution is 2.25. The van der Waals surface area contributed by atoms with E-state index in [0.29, 0.717) is 23.2 Å². The Balaban J connectivity index is 1.70. The fourth-order valence-electron chi connectivity index (χ4n) is 2.75. The van der Waals surface area contributed by atoms with E-state index in [0.717, 1.165) is 16.8 Å². The number of amides is 1. The minimum atomic E-state index is -2.44. The zero-order valence-corrected chi connectivity index (χ0v) is 15.8. The van der Waals surface area contributed by atoms with Crippen LogP contribution in [0, 0.1) is 0 Å². The normalized spacial score (nSPS) is 12.0. The van der Waals surface area contributed by atoms with Crippen molar-refractivity contribution < 1.29 is 13.6 Å². The molecule has 3 rings (SSSR count). The SMILES string of the molecule is O=C(Nc1ccccc1)C(NCc1ccc(SC(F)F)cc1)c1ccccc1. The molecule has 0 heterocycles. The Bertz CT molecular complexity index is 874. The smallest absolute Gasteiger partial charge is 0.288 e. The third-order valence-corrected chi connectivity index (χ3v) is 4.82. The molecule has 0 aliphatic rings. The van der Waals surface area contributed by atoms with Gasteiger partial charge in [-0.1, -0.05) is 72.4 Å². The van der Waals surface area contributed by atoms with Crippen molar-refractivity contribution in [3.63, 3.8) is 0 Å². The second-order valence-corrected chi connectivity index (χ2v) is 7.17. The van der Waals surface area contributed by atoms with Crippen molar-refractivity contribution in [3.8, 4) is 0 Å². The predicted molar refractivity (Wildman–Crippen MR) is 109 cm³/mol. The zero-order valence-electron chi connectivity index (χ0n) is 15.0. The summed E-state index contributed by atoms with van der Waals surface area (Å²) in [5, 5.41) is 6.18. The number of hydrogen-bond acceptors (Lipinski definition) is 3. The number of carbonyl (C=O) groups excluding carboxylic acids is 1. The average molecular weight is 398 g/mol. The molecule has 144 valence electrons. The maximum Gasteiger partial charge on any atom is 0.288 e. The third kappa shape index (κ3) is 5.90. The van der Waals surface area contributed by atoms with Crippen LogP contribution in [0.3, 0.4) is 0 Å². The van der Waals surface area contributed by atoms with Crippen LogP contribution in [-0.2, 0) is 11.3 Å². The fraction of sp³-hybridized carbons (Fsp3) is 0.136. The molecular weight excluding hydrogens is 378 g/mol. The van der Waals surface area contributed by atoms with Crippen LogP contribution in [-0.4, -0.2) is 11.7 Å². The Morgan fingerprint density at radius 2 is 1.46 bits per heavy atom. The van der Waals surface area contributed by atoms with E-state index in [-0.39, 0.29) is 5.91 Å². The number of benzene rings is 3. The van der Waals surface area contributed by atoms with Crippen molar-refractivity contribution in [2.45, 2.75) is 23.2 Å². The Kier molecular flexibility index (Phi) is 7.17. The lowest BCUT2D eigenvalue weighted by atomic mass is 10.1. The first-order chi connectivity index (χ1) is 13.6. The van der Waals surface area contributed by atoms with E-state index in [1.807, 2.05) is 60.7 Å². The lowest BCUT2D eigenvalue weighted by molar-refractivity contribution is -0.118. The molecule has 1 unspecified atom stereocenters. The number of carbonyl (C=O) groups is 1. The molecule has 0 aromatic heterocycles. The van der Waals surface area contributed by atoms with Crippen LogP contribution in [0.5, 0.6) is 0 Å². The van der Waals surface area contributed by atoms with E-state index in [1.54, 1.807) is 24.3 Å². The molecule has 1 atom stereocenters. The molecular formula is C22H20F2N2OS. The third-order valence-electron chi connectivity index (χ3n) is 4.10. The van der Waals surface area contributed by atoms with Gasteiger partial charge in [-0.15, -0.1) is 0 Å². The quantitative estimate of drug-likeness (QED) is 0.494. The Morgan fingerprint density at radius 3 is 2.07 bits per heavy atom. The van der Waals surface area contributed by atoms with Crippen LogP contribution >= 0.6 is 11.8 Å². The van der Waals surface area contributed by atoms with Crippen molar-refractivity contribution in [2.24, 2.45) is 0 Å². The average Bonchev–Trinajstić information content (AvgIpc) is 2.70. The maximum absolute atomic E-state index is 12.8. The highest BCUT2D eigenvalue weighted by Gasteiger charge is 2.20. The maximum atomic E-state index is 12.8. The molecule has 2 N–H and O–H groups in total. The summed E-state index contributed by atoms with van der Waals surface area (Å²) < 4.78 is 24.9. The first-order valence-corrected chi connectivity index (χ1v) is 9.68. The van der Waals surface area contributed by atoms with Gasteiger partial charge in [-0.25, -0.2) is 0 Å². The molecule has 0 saturated carbocycles. The number of anilines is 1. The molecule has 6 heteroatoms. The van der Waals surface area contributed by atoms with Gasteiger partial charge in [0.2, 0.25) is 5.91 Å². The van der Waals surface area contributed by atoms with Gasteiger partial charge >= 0.3 is 0 Å². The minimum absolute atomic E-state index is 0.165. The first-order valence-electron chi connectivity index (χ1n) is 8.80. The standard InChI is InChI=1S/C22H20F2N2OS/c23-22(24)28-19-13-11-16(12-14-19)15-25-20(17-7-3-1-4-8-17)21(27)26-18-9-5-2-6-10-18/h1-14,20,22,25H,15H2,(H,26,27). The van der Waals surface area contributed by atoms with E-state index in [4.69, 9.17) is 0 Å². The Hall–Kier alpha value is -2.70. The van der Waals surface area contributed by atoms with Crippen molar-refractivity contribution >= 4 is 23.4 Å². The molecule has 0 aliphatic heterocycles. The molecule has 0 fully saturated rings. The lowest BCUT2D eigenvalue weighted by Gasteiger charge is -2.19. The van der Waals surface area contributed by atoms with Crippen molar-refractivity contribution in [2.75, 3.05) is 5.32 Å². The van der Waals surface area contributed by atoms with Gasteiger partial charge in [0.1, 0.15) is 6.04 Å². The fourth-order valence-corrected chi connectivity index (χ4v) is 3.25. The van der Waals surface area contributed by atoms with Crippen LogP contribution in [0.1, 0.15) is 17.2 Å². The molecule has 0 bridgehead atoms. The van der Waals surface area contributed by atoms with Gasteiger partial charge in [-0.2, -0.15) is 8.78 Å². The zero-order chi connectivity index (χ0) is 19.8. The molecule has 3 nitrogen and oxygen atoms in total. The highest BCUT2D eigenvalue weighted by atomic mass is 32.2. The summed E-state index contributed by atoms with van der Waals surface area (Å²) in [6.07, 6.45) is 0. The summed E-state index contributed by atoms with van der Waals surface area (Å²) in [6.45, 7) is 0.432. The van der Waals surface area contributed by atoms with E-state index in [9.17, 15) is 13.6 Å². The van der Waals surface area contributed by atoms with Crippen molar-refractivity contribution in [1.29, 1.82) is 0 Å². The van der Waals surface area contributed by atoms with Crippen LogP contribution in [0.25, 0.3) is 0 Å². The van der Waals surface area contributed by atoms with E-state index >= 15 is 0 Å². The van der Waals surface area contributed by atoms with Crippen LogP contribution < -0.4 is 10.6 Å². The van der Waals surface area contributed by atoms with Crippen LogP contribution in [0.15, 0.2) is 89.8 Å². The monoisotopic (exact) mass is 398 g/mol. The predicted octanol–water partition coefficient (Wildman–Crippen LogP) is 5.47. The van der Waals surface area contributed by atoms with Gasteiger partial charge in [-0.3, -0.25) is 10.1 Å².